The number of hydrogen-bond donors (Lipinski definition) is 2. The highest BCUT2D eigenvalue weighted by Crippen LogP contribution is 2.33. The molecule has 0 fully saturated rings. The zero-order valence-electron chi connectivity index (χ0n) is 20.0. The molecule has 6 nitrogen and oxygen atoms in total. The van der Waals surface area contributed by atoms with Crippen molar-refractivity contribution >= 4 is 63.7 Å². The molecular weight excluding hydrogens is 607 g/mol. The molecule has 0 radical (unpaired) electrons. The number of halogens is 9. The van der Waals surface area contributed by atoms with Crippen molar-refractivity contribution in [1.82, 2.24) is 10.6 Å². The summed E-state index contributed by atoms with van der Waals surface area (Å²) in [5.41, 5.74) is 0.453. The Kier molecular flexibility index (Phi) is 13.2. The van der Waals surface area contributed by atoms with Gasteiger partial charge in [0.15, 0.2) is 0 Å². The van der Waals surface area contributed by atoms with E-state index in [1.165, 1.54) is 13.0 Å². The van der Waals surface area contributed by atoms with Crippen LogP contribution in [0.25, 0.3) is 0 Å². The topological polar surface area (TPSA) is 79.8 Å². The summed E-state index contributed by atoms with van der Waals surface area (Å²) in [6, 6.07) is 6.58. The second-order valence-electron chi connectivity index (χ2n) is 7.11. The first kappa shape index (κ1) is 33.8. The molecule has 2 amide bonds. The monoisotopic (exact) mass is 627 g/mol. The molecule has 212 valence electrons. The molecule has 3 rings (SSSR count). The smallest absolute Gasteiger partial charge is 0.382 e. The molecule has 2 aromatic rings. The van der Waals surface area contributed by atoms with Crippen molar-refractivity contribution in [2.45, 2.75) is 45.6 Å². The van der Waals surface area contributed by atoms with Gasteiger partial charge in [0.1, 0.15) is 12.3 Å². The molecule has 1 aliphatic rings. The van der Waals surface area contributed by atoms with Gasteiger partial charge in [0, 0.05) is 6.42 Å². The number of rotatable bonds is 5. The Bertz CT molecular complexity index is 1120. The standard InChI is InChI=1S/C14H13F6N3O3S.C6H3Cl3.C2H6/c1-6-2-8(7-3-9(26-23-7)14(18,19)20)27-11(6)12(25)21-4-10(24)22-5-13(15,16)17;7-4-2-1-3-5(8)6(4)9;1-2/h2,9H,3-5H2,1H3,(H,21,25)(H,22,24);1-3H;1-2H3. The van der Waals surface area contributed by atoms with Gasteiger partial charge in [0.05, 0.1) is 31.4 Å². The number of benzene rings is 1. The maximum absolute atomic E-state index is 12.6. The van der Waals surface area contributed by atoms with Crippen molar-refractivity contribution in [2.75, 3.05) is 13.1 Å². The average Bonchev–Trinajstić information content (AvgIpc) is 3.48. The molecule has 0 spiro atoms. The average molecular weight is 629 g/mol. The third-order valence-corrected chi connectivity index (χ3v) is 6.76. The summed E-state index contributed by atoms with van der Waals surface area (Å²) in [6.07, 6.45) is -11.7. The van der Waals surface area contributed by atoms with Crippen LogP contribution < -0.4 is 10.6 Å². The van der Waals surface area contributed by atoms with Crippen molar-refractivity contribution < 1.29 is 40.8 Å². The summed E-state index contributed by atoms with van der Waals surface area (Å²) in [6.45, 7) is 3.32. The molecule has 0 saturated carbocycles. The maximum Gasteiger partial charge on any atom is 0.428 e. The minimum absolute atomic E-state index is 0.0346. The van der Waals surface area contributed by atoms with E-state index in [0.29, 0.717) is 25.5 Å². The summed E-state index contributed by atoms with van der Waals surface area (Å²) in [4.78, 5) is 28.1. The molecule has 38 heavy (non-hydrogen) atoms. The Labute approximate surface area is 233 Å². The molecule has 1 atom stereocenters. The van der Waals surface area contributed by atoms with Crippen molar-refractivity contribution in [1.29, 1.82) is 0 Å². The minimum Gasteiger partial charge on any atom is -0.382 e. The lowest BCUT2D eigenvalue weighted by Gasteiger charge is -2.11. The Morgan fingerprint density at radius 1 is 1.08 bits per heavy atom. The van der Waals surface area contributed by atoms with Gasteiger partial charge in [-0.1, -0.05) is 59.9 Å². The van der Waals surface area contributed by atoms with E-state index < -0.39 is 49.8 Å². The lowest BCUT2D eigenvalue weighted by Crippen LogP contribution is -2.40. The summed E-state index contributed by atoms with van der Waals surface area (Å²) < 4.78 is 73.8. The second-order valence-corrected chi connectivity index (χ2v) is 9.36. The van der Waals surface area contributed by atoms with Gasteiger partial charge in [-0.05, 0) is 30.7 Å². The van der Waals surface area contributed by atoms with E-state index in [9.17, 15) is 35.9 Å². The van der Waals surface area contributed by atoms with Crippen LogP contribution in [-0.2, 0) is 9.63 Å². The largest absolute Gasteiger partial charge is 0.428 e. The van der Waals surface area contributed by atoms with Crippen LogP contribution in [-0.4, -0.2) is 49.1 Å². The third-order valence-electron chi connectivity index (χ3n) is 4.24. The molecule has 1 aromatic carbocycles. The van der Waals surface area contributed by atoms with E-state index in [1.807, 2.05) is 13.8 Å². The Hall–Kier alpha value is -2.22. The number of alkyl halides is 6. The van der Waals surface area contributed by atoms with E-state index in [0.717, 1.165) is 11.3 Å². The number of aryl methyl sites for hydroxylation is 1. The van der Waals surface area contributed by atoms with Crippen LogP contribution in [0, 0.1) is 6.92 Å². The van der Waals surface area contributed by atoms with Gasteiger partial charge in [0.2, 0.25) is 12.0 Å². The van der Waals surface area contributed by atoms with E-state index in [-0.39, 0.29) is 10.6 Å². The highest BCUT2D eigenvalue weighted by Gasteiger charge is 2.46. The quantitative estimate of drug-likeness (QED) is 0.272. The van der Waals surface area contributed by atoms with Crippen LogP contribution in [0.4, 0.5) is 26.3 Å². The molecule has 1 aromatic heterocycles. The Morgan fingerprint density at radius 2 is 1.66 bits per heavy atom. The van der Waals surface area contributed by atoms with Gasteiger partial charge in [-0.25, -0.2) is 0 Å². The predicted octanol–water partition coefficient (Wildman–Crippen LogP) is 7.19. The van der Waals surface area contributed by atoms with Gasteiger partial charge in [-0.15, -0.1) is 11.3 Å². The summed E-state index contributed by atoms with van der Waals surface area (Å²) in [5.74, 6) is -1.77. The molecule has 2 N–H and O–H groups in total. The Balaban J connectivity index is 0.000000548. The van der Waals surface area contributed by atoms with Crippen LogP contribution >= 0.6 is 46.1 Å². The summed E-state index contributed by atoms with van der Waals surface area (Å²) in [5, 5.41) is 8.54. The van der Waals surface area contributed by atoms with Crippen molar-refractivity contribution in [3.63, 3.8) is 0 Å². The number of thiophene rings is 1. The number of hydrogen-bond acceptors (Lipinski definition) is 5. The fourth-order valence-electron chi connectivity index (χ4n) is 2.53. The molecule has 2 heterocycles. The summed E-state index contributed by atoms with van der Waals surface area (Å²) >= 11 is 17.7. The number of amides is 2. The zero-order chi connectivity index (χ0) is 29.3. The highest BCUT2D eigenvalue weighted by molar-refractivity contribution is 7.16. The number of nitrogens with one attached hydrogen (secondary N) is 2. The minimum atomic E-state index is -4.57. The summed E-state index contributed by atoms with van der Waals surface area (Å²) in [7, 11) is 0. The predicted molar refractivity (Wildman–Crippen MR) is 135 cm³/mol. The number of oxime groups is 1. The van der Waals surface area contributed by atoms with E-state index in [4.69, 9.17) is 34.8 Å². The maximum atomic E-state index is 12.6. The van der Waals surface area contributed by atoms with Crippen LogP contribution in [0.5, 0.6) is 0 Å². The molecule has 1 aliphatic heterocycles. The first-order valence-corrected chi connectivity index (χ1v) is 12.6. The number of nitrogens with zero attached hydrogens (tertiary/aromatic N) is 1. The van der Waals surface area contributed by atoms with Gasteiger partial charge in [-0.2, -0.15) is 26.3 Å². The van der Waals surface area contributed by atoms with Gasteiger partial charge in [-0.3, -0.25) is 9.59 Å². The Morgan fingerprint density at radius 3 is 2.13 bits per heavy atom. The third kappa shape index (κ3) is 10.9. The lowest BCUT2D eigenvalue weighted by molar-refractivity contribution is -0.212. The van der Waals surface area contributed by atoms with Crippen LogP contribution in [0.3, 0.4) is 0 Å². The zero-order valence-corrected chi connectivity index (χ0v) is 23.1. The van der Waals surface area contributed by atoms with E-state index in [1.54, 1.807) is 23.5 Å². The number of carbonyl (C=O) groups excluding carboxylic acids is 2. The lowest BCUT2D eigenvalue weighted by atomic mass is 10.1. The molecule has 0 saturated heterocycles. The van der Waals surface area contributed by atoms with Crippen LogP contribution in [0.2, 0.25) is 15.1 Å². The molecule has 0 aliphatic carbocycles. The molecule has 0 bridgehead atoms. The van der Waals surface area contributed by atoms with Crippen molar-refractivity contribution in [3.05, 3.63) is 54.7 Å². The highest BCUT2D eigenvalue weighted by atomic mass is 35.5. The fraction of sp³-hybridized carbons (Fsp3) is 0.409. The first-order chi connectivity index (χ1) is 17.6. The number of carbonyl (C=O) groups is 2. The molecule has 16 heteroatoms. The van der Waals surface area contributed by atoms with E-state index in [2.05, 4.69) is 15.3 Å². The van der Waals surface area contributed by atoms with Gasteiger partial charge >= 0.3 is 12.4 Å². The normalized spacial score (nSPS) is 14.7. The first-order valence-electron chi connectivity index (χ1n) is 10.7. The van der Waals surface area contributed by atoms with Crippen molar-refractivity contribution in [3.8, 4) is 0 Å². The van der Waals surface area contributed by atoms with Crippen LogP contribution in [0.1, 0.15) is 40.4 Å². The fourth-order valence-corrected chi connectivity index (χ4v) is 4.13. The van der Waals surface area contributed by atoms with Gasteiger partial charge < -0.3 is 15.5 Å². The molecular formula is C22H22Cl3F6N3O3S. The van der Waals surface area contributed by atoms with Crippen LogP contribution in [0.15, 0.2) is 29.4 Å². The molecule has 1 unspecified atom stereocenters. The SMILES string of the molecule is CC.Cc1cc(C2=NOC(C(F)(F)F)C2)sc1C(=O)NCC(=O)NCC(F)(F)F.Clc1cccc(Cl)c1Cl. The van der Waals surface area contributed by atoms with Gasteiger partial charge in [0.25, 0.3) is 5.91 Å². The van der Waals surface area contributed by atoms with Crippen molar-refractivity contribution in [2.24, 2.45) is 5.16 Å². The second kappa shape index (κ2) is 14.8. The van der Waals surface area contributed by atoms with E-state index >= 15 is 0 Å².